The van der Waals surface area contributed by atoms with Gasteiger partial charge in [-0.15, -0.1) is 0 Å². The molecule has 0 saturated heterocycles. The Kier molecular flexibility index (Phi) is 6.23. The minimum Gasteiger partial charge on any atom is -0.325 e. The van der Waals surface area contributed by atoms with E-state index < -0.39 is 21.7 Å². The number of carbonyl (C=O) groups is 2. The van der Waals surface area contributed by atoms with Crippen LogP contribution in [0.1, 0.15) is 22.8 Å². The first-order valence-corrected chi connectivity index (χ1v) is 9.60. The lowest BCUT2D eigenvalue weighted by molar-refractivity contribution is -0.116. The predicted octanol–water partition coefficient (Wildman–Crippen LogP) is 2.43. The first-order valence-electron chi connectivity index (χ1n) is 7.75. The molecule has 0 aliphatic heterocycles. The average molecular weight is 378 g/mol. The first-order chi connectivity index (χ1) is 12.1. The summed E-state index contributed by atoms with van der Waals surface area (Å²) in [6.07, 6.45) is 1.01. The normalized spacial score (nSPS) is 11.4. The number of benzene rings is 2. The molecule has 0 bridgehead atoms. The maximum atomic E-state index is 13.0. The molecule has 0 radical (unpaired) electrons. The summed E-state index contributed by atoms with van der Waals surface area (Å²) < 4.78 is 37.9. The quantitative estimate of drug-likeness (QED) is 0.750. The third-order valence-electron chi connectivity index (χ3n) is 3.64. The summed E-state index contributed by atoms with van der Waals surface area (Å²) in [5.41, 5.74) is 1.53. The number of halogens is 1. The van der Waals surface area contributed by atoms with Crippen LogP contribution in [-0.4, -0.2) is 37.2 Å². The van der Waals surface area contributed by atoms with Gasteiger partial charge in [0.15, 0.2) is 5.78 Å². The molecule has 0 heterocycles. The molecule has 0 aliphatic rings. The van der Waals surface area contributed by atoms with E-state index in [2.05, 4.69) is 5.32 Å². The number of hydrogen-bond donors (Lipinski definition) is 1. The summed E-state index contributed by atoms with van der Waals surface area (Å²) in [6.45, 7) is 1.01. The summed E-state index contributed by atoms with van der Waals surface area (Å²) >= 11 is 0. The Labute approximate surface area is 151 Å². The molecule has 1 amide bonds. The third kappa shape index (κ3) is 5.75. The Morgan fingerprint density at radius 1 is 1.04 bits per heavy atom. The number of sulfonamides is 1. The highest BCUT2D eigenvalue weighted by Crippen LogP contribution is 2.12. The van der Waals surface area contributed by atoms with Crippen molar-refractivity contribution in [1.82, 2.24) is 4.31 Å². The van der Waals surface area contributed by atoms with Crippen molar-refractivity contribution in [2.75, 3.05) is 18.1 Å². The molecule has 0 fully saturated rings. The van der Waals surface area contributed by atoms with E-state index in [1.54, 1.807) is 24.3 Å². The Balaban J connectivity index is 2.06. The standard InChI is InChI=1S/C18H19FN2O4S/c1-13(22)15-5-9-17(10-6-15)20-18(23)12-21(26(2,24)25)11-14-3-7-16(19)8-4-14/h3-10H,11-12H2,1-2H3,(H,20,23). The van der Waals surface area contributed by atoms with Crippen molar-refractivity contribution < 1.29 is 22.4 Å². The van der Waals surface area contributed by atoms with Gasteiger partial charge < -0.3 is 5.32 Å². The Morgan fingerprint density at radius 3 is 2.12 bits per heavy atom. The van der Waals surface area contributed by atoms with Gasteiger partial charge in [-0.25, -0.2) is 12.8 Å². The van der Waals surface area contributed by atoms with Gasteiger partial charge in [-0.2, -0.15) is 4.31 Å². The van der Waals surface area contributed by atoms with Crippen molar-refractivity contribution in [3.05, 3.63) is 65.5 Å². The summed E-state index contributed by atoms with van der Waals surface area (Å²) in [7, 11) is -3.64. The SMILES string of the molecule is CC(=O)c1ccc(NC(=O)CN(Cc2ccc(F)cc2)S(C)(=O)=O)cc1. The maximum absolute atomic E-state index is 13.0. The van der Waals surface area contributed by atoms with Crippen LogP contribution < -0.4 is 5.32 Å². The average Bonchev–Trinajstić information content (AvgIpc) is 2.56. The Bertz CT molecular complexity index is 894. The highest BCUT2D eigenvalue weighted by molar-refractivity contribution is 7.88. The first kappa shape index (κ1) is 19.7. The highest BCUT2D eigenvalue weighted by atomic mass is 32.2. The van der Waals surface area contributed by atoms with E-state index in [1.165, 1.54) is 31.2 Å². The number of ketones is 1. The third-order valence-corrected chi connectivity index (χ3v) is 4.83. The zero-order valence-corrected chi connectivity index (χ0v) is 15.2. The molecule has 0 aromatic heterocycles. The van der Waals surface area contributed by atoms with Crippen molar-refractivity contribution in [3.8, 4) is 0 Å². The van der Waals surface area contributed by atoms with Crippen LogP contribution in [0, 0.1) is 5.82 Å². The number of rotatable bonds is 7. The molecule has 0 saturated carbocycles. The molecular formula is C18H19FN2O4S. The second-order valence-corrected chi connectivity index (χ2v) is 7.82. The largest absolute Gasteiger partial charge is 0.325 e. The Hall–Kier alpha value is -2.58. The van der Waals surface area contributed by atoms with Gasteiger partial charge in [0.1, 0.15) is 5.82 Å². The zero-order valence-electron chi connectivity index (χ0n) is 14.4. The molecule has 0 atom stereocenters. The van der Waals surface area contributed by atoms with E-state index in [4.69, 9.17) is 0 Å². The summed E-state index contributed by atoms with van der Waals surface area (Å²) in [4.78, 5) is 23.4. The van der Waals surface area contributed by atoms with E-state index in [-0.39, 0.29) is 18.9 Å². The fourth-order valence-corrected chi connectivity index (χ4v) is 2.97. The van der Waals surface area contributed by atoms with Crippen molar-refractivity contribution >= 4 is 27.4 Å². The molecule has 2 aromatic carbocycles. The number of anilines is 1. The number of nitrogens with one attached hydrogen (secondary N) is 1. The van der Waals surface area contributed by atoms with E-state index in [9.17, 15) is 22.4 Å². The molecule has 2 rings (SSSR count). The molecule has 26 heavy (non-hydrogen) atoms. The number of amides is 1. The van der Waals surface area contributed by atoms with Crippen LogP contribution in [0.2, 0.25) is 0 Å². The van der Waals surface area contributed by atoms with E-state index in [1.807, 2.05) is 0 Å². The van der Waals surface area contributed by atoms with Crippen molar-refractivity contribution in [1.29, 1.82) is 0 Å². The van der Waals surface area contributed by atoms with Crippen molar-refractivity contribution in [2.45, 2.75) is 13.5 Å². The second-order valence-electron chi connectivity index (χ2n) is 5.84. The van der Waals surface area contributed by atoms with Gasteiger partial charge in [0.2, 0.25) is 15.9 Å². The molecule has 8 heteroatoms. The van der Waals surface area contributed by atoms with Crippen LogP contribution in [0.3, 0.4) is 0 Å². The van der Waals surface area contributed by atoms with Crippen LogP contribution >= 0.6 is 0 Å². The van der Waals surface area contributed by atoms with Crippen LogP contribution in [0.15, 0.2) is 48.5 Å². The minimum absolute atomic E-state index is 0.0458. The smallest absolute Gasteiger partial charge is 0.239 e. The van der Waals surface area contributed by atoms with Gasteiger partial charge in [-0.05, 0) is 48.9 Å². The van der Waals surface area contributed by atoms with Gasteiger partial charge in [0.05, 0.1) is 12.8 Å². The maximum Gasteiger partial charge on any atom is 0.239 e. The number of hydrogen-bond acceptors (Lipinski definition) is 4. The van der Waals surface area contributed by atoms with Gasteiger partial charge in [-0.3, -0.25) is 9.59 Å². The van der Waals surface area contributed by atoms with Crippen LogP contribution in [0.25, 0.3) is 0 Å². The predicted molar refractivity (Wildman–Crippen MR) is 96.7 cm³/mol. The Morgan fingerprint density at radius 2 is 1.62 bits per heavy atom. The lowest BCUT2D eigenvalue weighted by atomic mass is 10.1. The van der Waals surface area contributed by atoms with Crippen molar-refractivity contribution in [3.63, 3.8) is 0 Å². The highest BCUT2D eigenvalue weighted by Gasteiger charge is 2.20. The van der Waals surface area contributed by atoms with E-state index in [0.717, 1.165) is 10.6 Å². The second kappa shape index (κ2) is 8.20. The minimum atomic E-state index is -3.64. The van der Waals surface area contributed by atoms with Crippen molar-refractivity contribution in [2.24, 2.45) is 0 Å². The molecule has 0 unspecified atom stereocenters. The van der Waals surface area contributed by atoms with Crippen LogP contribution in [-0.2, 0) is 21.4 Å². The van der Waals surface area contributed by atoms with Gasteiger partial charge in [-0.1, -0.05) is 12.1 Å². The van der Waals surface area contributed by atoms with Gasteiger partial charge in [0, 0.05) is 17.8 Å². The van der Waals surface area contributed by atoms with Gasteiger partial charge in [0.25, 0.3) is 0 Å². The fourth-order valence-electron chi connectivity index (χ4n) is 2.23. The summed E-state index contributed by atoms with van der Waals surface area (Å²) in [6, 6.07) is 11.7. The fraction of sp³-hybridized carbons (Fsp3) is 0.222. The molecule has 2 aromatic rings. The number of carbonyl (C=O) groups excluding carboxylic acids is 2. The monoisotopic (exact) mass is 378 g/mol. The molecule has 0 spiro atoms. The zero-order chi connectivity index (χ0) is 19.3. The molecule has 6 nitrogen and oxygen atoms in total. The lowest BCUT2D eigenvalue weighted by Gasteiger charge is -2.19. The number of nitrogens with zero attached hydrogens (tertiary/aromatic N) is 1. The van der Waals surface area contributed by atoms with E-state index in [0.29, 0.717) is 16.8 Å². The molecule has 138 valence electrons. The van der Waals surface area contributed by atoms with Crippen LogP contribution in [0.4, 0.5) is 10.1 Å². The van der Waals surface area contributed by atoms with Crippen LogP contribution in [0.5, 0.6) is 0 Å². The van der Waals surface area contributed by atoms with E-state index >= 15 is 0 Å². The topological polar surface area (TPSA) is 83.6 Å². The van der Waals surface area contributed by atoms with Gasteiger partial charge >= 0.3 is 0 Å². The summed E-state index contributed by atoms with van der Waals surface area (Å²) in [5.74, 6) is -1.04. The summed E-state index contributed by atoms with van der Waals surface area (Å²) in [5, 5.41) is 2.59. The molecule has 1 N–H and O–H groups in total. The number of Topliss-reactive ketones (excluding diaryl/α,β-unsaturated/α-hetero) is 1. The lowest BCUT2D eigenvalue weighted by Crippen LogP contribution is -2.36. The molecular weight excluding hydrogens is 359 g/mol. The molecule has 0 aliphatic carbocycles.